The van der Waals surface area contributed by atoms with Gasteiger partial charge >= 0.3 is 12.2 Å². The van der Waals surface area contributed by atoms with Crippen molar-refractivity contribution in [1.29, 1.82) is 0 Å². The van der Waals surface area contributed by atoms with E-state index in [1.54, 1.807) is 13.8 Å². The molecule has 12 atom stereocenters. The van der Waals surface area contributed by atoms with Gasteiger partial charge in [-0.25, -0.2) is 9.59 Å². The van der Waals surface area contributed by atoms with Crippen LogP contribution < -0.4 is 10.6 Å². The fourth-order valence-electron chi connectivity index (χ4n) is 9.02. The molecular formula is C43H61N5O13Si. The first kappa shape index (κ1) is 46.1. The monoisotopic (exact) mass is 883 g/mol. The second-order valence-electron chi connectivity index (χ2n) is 17.7. The number of hydrogen-bond donors (Lipinski definition) is 2. The molecule has 3 aliphatic heterocycles. The highest BCUT2D eigenvalue weighted by molar-refractivity contribution is 6.69. The Bertz CT molecular complexity index is 1870. The Morgan fingerprint density at radius 3 is 1.84 bits per heavy atom. The Kier molecular flexibility index (Phi) is 14.5. The summed E-state index contributed by atoms with van der Waals surface area (Å²) in [5.41, 5.74) is 11.1. The van der Waals surface area contributed by atoms with E-state index < -0.39 is 99.0 Å². The van der Waals surface area contributed by atoms with Crippen LogP contribution in [0.25, 0.3) is 10.4 Å². The minimum Gasteiger partial charge on any atom is -0.445 e. The number of rotatable bonds is 14. The van der Waals surface area contributed by atoms with Crippen LogP contribution in [0, 0.1) is 0 Å². The van der Waals surface area contributed by atoms with E-state index in [9.17, 15) is 15.1 Å². The summed E-state index contributed by atoms with van der Waals surface area (Å²) in [4.78, 5) is 30.3. The summed E-state index contributed by atoms with van der Waals surface area (Å²) >= 11 is 0. The van der Waals surface area contributed by atoms with E-state index in [4.69, 9.17) is 51.8 Å². The molecule has 3 saturated heterocycles. The number of carbonyl (C=O) groups excluding carboxylic acids is 2. The molecule has 2 saturated carbocycles. The number of azide groups is 1. The molecule has 0 unspecified atom stereocenters. The molecule has 0 aromatic heterocycles. The molecule has 2 aliphatic carbocycles. The third-order valence-corrected chi connectivity index (χ3v) is 13.3. The van der Waals surface area contributed by atoms with E-state index in [-0.39, 0.29) is 26.2 Å². The van der Waals surface area contributed by atoms with Crippen LogP contribution in [0.5, 0.6) is 0 Å². The van der Waals surface area contributed by atoms with Gasteiger partial charge in [-0.1, -0.05) is 72.2 Å². The third kappa shape index (κ3) is 10.4. The second kappa shape index (κ2) is 19.5. The third-order valence-electron chi connectivity index (χ3n) is 12.3. The van der Waals surface area contributed by atoms with E-state index in [1.165, 1.54) is 14.2 Å². The molecule has 5 aliphatic rings. The maximum atomic E-state index is 13.8. The summed E-state index contributed by atoms with van der Waals surface area (Å²) in [5, 5.41) is 9.94. The van der Waals surface area contributed by atoms with Crippen molar-refractivity contribution in [2.75, 3.05) is 20.8 Å². The Hall–Kier alpha value is -3.85. The van der Waals surface area contributed by atoms with Crippen molar-refractivity contribution >= 4 is 20.5 Å². The van der Waals surface area contributed by atoms with Crippen LogP contribution in [-0.4, -0.2) is 120 Å². The van der Waals surface area contributed by atoms with Crippen LogP contribution in [0.1, 0.15) is 63.5 Å². The number of nitrogens with zero attached hydrogens (tertiary/aromatic N) is 3. The van der Waals surface area contributed by atoms with Gasteiger partial charge in [-0.3, -0.25) is 0 Å². The predicted octanol–water partition coefficient (Wildman–Crippen LogP) is 6.57. The van der Waals surface area contributed by atoms with E-state index >= 15 is 0 Å². The number of amides is 2. The van der Waals surface area contributed by atoms with Gasteiger partial charge < -0.3 is 62.4 Å². The quantitative estimate of drug-likeness (QED) is 0.0891. The normalized spacial score (nSPS) is 35.1. The lowest BCUT2D eigenvalue weighted by atomic mass is 9.83. The topological polar surface area (TPSA) is 208 Å². The first-order chi connectivity index (χ1) is 29.7. The van der Waals surface area contributed by atoms with Gasteiger partial charge in [-0.2, -0.15) is 0 Å². The smallest absolute Gasteiger partial charge is 0.407 e. The molecule has 62 heavy (non-hydrogen) atoms. The molecule has 2 aromatic rings. The number of hydrogen-bond acceptors (Lipinski definition) is 14. The second-order valence-corrected chi connectivity index (χ2v) is 22.2. The van der Waals surface area contributed by atoms with Gasteiger partial charge in [0, 0.05) is 32.0 Å². The largest absolute Gasteiger partial charge is 0.445 e. The molecule has 2 amide bonds. The zero-order valence-corrected chi connectivity index (χ0v) is 37.6. The summed E-state index contributed by atoms with van der Waals surface area (Å²) in [5.74, 6) is -3.79. The highest BCUT2D eigenvalue weighted by Crippen LogP contribution is 2.48. The number of methoxy groups -OCH3 is 2. The maximum Gasteiger partial charge on any atom is 0.407 e. The van der Waals surface area contributed by atoms with Crippen molar-refractivity contribution < 1.29 is 61.4 Å². The minimum atomic E-state index is -2.44. The molecule has 2 N–H and O–H groups in total. The highest BCUT2D eigenvalue weighted by atomic mass is 28.4. The van der Waals surface area contributed by atoms with Crippen LogP contribution in [0.15, 0.2) is 65.8 Å². The Labute approximate surface area is 363 Å². The van der Waals surface area contributed by atoms with Gasteiger partial charge in [0.15, 0.2) is 20.4 Å². The van der Waals surface area contributed by atoms with Crippen LogP contribution in [0.3, 0.4) is 0 Å². The van der Waals surface area contributed by atoms with E-state index in [2.05, 4.69) is 20.7 Å². The van der Waals surface area contributed by atoms with Crippen LogP contribution in [0.4, 0.5) is 9.59 Å². The average Bonchev–Trinajstić information content (AvgIpc) is 3.63. The summed E-state index contributed by atoms with van der Waals surface area (Å²) in [6, 6.07) is 17.2. The van der Waals surface area contributed by atoms with Crippen molar-refractivity contribution in [1.82, 2.24) is 10.6 Å². The summed E-state index contributed by atoms with van der Waals surface area (Å²) in [6.45, 7) is 9.43. The van der Waals surface area contributed by atoms with Gasteiger partial charge in [0.05, 0.1) is 24.7 Å². The minimum absolute atomic E-state index is 0.0191. The molecule has 7 rings (SSSR count). The van der Waals surface area contributed by atoms with Gasteiger partial charge in [0.2, 0.25) is 11.6 Å². The Morgan fingerprint density at radius 1 is 0.758 bits per heavy atom. The van der Waals surface area contributed by atoms with E-state index in [0.29, 0.717) is 12.8 Å². The molecule has 3 heterocycles. The number of benzene rings is 2. The molecule has 1 spiro atoms. The number of ether oxygens (including phenoxy) is 10. The zero-order valence-electron chi connectivity index (χ0n) is 36.6. The van der Waals surface area contributed by atoms with Gasteiger partial charge in [-0.15, -0.1) is 0 Å². The molecule has 5 fully saturated rings. The van der Waals surface area contributed by atoms with Crippen LogP contribution >= 0.6 is 0 Å². The number of fused-ring (bicyclic) bond motifs is 2. The van der Waals surface area contributed by atoms with Crippen LogP contribution in [-0.2, 0) is 65.0 Å². The number of alkyl carbamates (subject to hydrolysis) is 2. The van der Waals surface area contributed by atoms with Gasteiger partial charge in [0.1, 0.15) is 49.8 Å². The molecule has 0 bridgehead atoms. The number of nitrogens with one attached hydrogen (secondary N) is 2. The first-order valence-corrected chi connectivity index (χ1v) is 24.8. The first-order valence-electron chi connectivity index (χ1n) is 21.4. The van der Waals surface area contributed by atoms with E-state index in [0.717, 1.165) is 30.4 Å². The van der Waals surface area contributed by atoms with Crippen molar-refractivity contribution in [3.63, 3.8) is 0 Å². The summed E-state index contributed by atoms with van der Waals surface area (Å²) < 4.78 is 71.2. The van der Waals surface area contributed by atoms with E-state index in [1.807, 2.05) is 80.3 Å². The van der Waals surface area contributed by atoms with Gasteiger partial charge in [-0.05, 0) is 69.4 Å². The molecule has 18 nitrogen and oxygen atoms in total. The Balaban J connectivity index is 1.23. The molecule has 2 aromatic carbocycles. The summed E-state index contributed by atoms with van der Waals surface area (Å²) in [6.07, 6.45) is -4.44. The lowest BCUT2D eigenvalue weighted by molar-refractivity contribution is -0.478. The SMILES string of the molecule is CO[C@@]1(C)O[C@@H]2[C@H](O[Si](C)(C)C)[C@@H](O[C@H]3[C@@H]4OC5(CCCCC5)O[C@H]4[C@H](NC(=O)OCc4ccccc4)C[C@@H]3NC(=O)OCc3ccccc3)O[C@H](CN=[N+]=[N-])[C@H]2O[C@]1(C)OC. The standard InChI is InChI=1S/C43H61N5O13Si/c1-41(51-3)42(2,52-4)58-36-34(57-41)31(24-45-48-44)55-38(37(36)61-62(5,6)7)56-32-29(46-39(49)53-25-27-17-11-8-12-18-27)23-30(47-40(50)54-26-28-19-13-9-14-20-28)33-35(32)60-43(59-33)21-15-10-16-22-43/h8-9,11-14,17-20,29-38H,10,15-16,21-26H2,1-7H3,(H,46,49)(H,47,50)/t29-,30+,31+,32+,33-,34+,35-,36-,37-,38+,41-,42-/m0/s1. The predicted molar refractivity (Wildman–Crippen MR) is 224 cm³/mol. The zero-order chi connectivity index (χ0) is 44.1. The molecule has 0 radical (unpaired) electrons. The fraction of sp³-hybridized carbons (Fsp3) is 0.674. The maximum absolute atomic E-state index is 13.8. The fourth-order valence-corrected chi connectivity index (χ4v) is 10.1. The molecule has 19 heteroatoms. The molecular weight excluding hydrogens is 823 g/mol. The Morgan fingerprint density at radius 2 is 1.29 bits per heavy atom. The van der Waals surface area contributed by atoms with Crippen molar-refractivity contribution in [2.45, 2.75) is 164 Å². The average molecular weight is 884 g/mol. The summed E-state index contributed by atoms with van der Waals surface area (Å²) in [7, 11) is 0.543. The van der Waals surface area contributed by atoms with Crippen molar-refractivity contribution in [3.8, 4) is 0 Å². The number of carbonyl (C=O) groups is 2. The highest BCUT2D eigenvalue weighted by Gasteiger charge is 2.65. The van der Waals surface area contributed by atoms with Crippen molar-refractivity contribution in [3.05, 3.63) is 82.2 Å². The van der Waals surface area contributed by atoms with Crippen molar-refractivity contribution in [2.24, 2.45) is 5.11 Å². The lowest BCUT2D eigenvalue weighted by Gasteiger charge is -2.58. The van der Waals surface area contributed by atoms with Crippen LogP contribution in [0.2, 0.25) is 19.6 Å². The lowest BCUT2D eigenvalue weighted by Crippen LogP contribution is -2.74. The molecule has 340 valence electrons. The van der Waals surface area contributed by atoms with Gasteiger partial charge in [0.25, 0.3) is 0 Å².